The third-order valence-electron chi connectivity index (χ3n) is 4.70. The first-order valence-corrected chi connectivity index (χ1v) is 10.00. The summed E-state index contributed by atoms with van der Waals surface area (Å²) in [5, 5.41) is 12.4. The summed E-state index contributed by atoms with van der Waals surface area (Å²) < 4.78 is 16.1. The number of carbonyl (C=O) groups is 1. The molecule has 2 aromatic rings. The second-order valence-corrected chi connectivity index (χ2v) is 7.45. The van der Waals surface area contributed by atoms with Gasteiger partial charge < -0.3 is 24.2 Å². The van der Waals surface area contributed by atoms with Gasteiger partial charge in [0.05, 0.1) is 39.6 Å². The van der Waals surface area contributed by atoms with Gasteiger partial charge in [-0.25, -0.2) is 0 Å². The average Bonchev–Trinajstić information content (AvgIpc) is 3.27. The first kappa shape index (κ1) is 20.4. The fraction of sp³-hybridized carbons (Fsp3) is 0.381. The molecule has 1 aromatic heterocycles. The largest absolute Gasteiger partial charge is 0.493 e. The fourth-order valence-corrected chi connectivity index (χ4v) is 3.94. The van der Waals surface area contributed by atoms with Crippen LogP contribution in [-0.4, -0.2) is 55.9 Å². The van der Waals surface area contributed by atoms with Crippen molar-refractivity contribution in [1.82, 2.24) is 4.90 Å². The third-order valence-corrected chi connectivity index (χ3v) is 5.68. The fourth-order valence-electron chi connectivity index (χ4n) is 3.21. The lowest BCUT2D eigenvalue weighted by atomic mass is 10.1. The van der Waals surface area contributed by atoms with Gasteiger partial charge in [-0.2, -0.15) is 0 Å². The Morgan fingerprint density at radius 3 is 2.89 bits per heavy atom. The number of aliphatic hydroxyl groups excluding tert-OH is 1. The van der Waals surface area contributed by atoms with E-state index in [-0.39, 0.29) is 11.9 Å². The van der Waals surface area contributed by atoms with Crippen LogP contribution in [0.4, 0.5) is 0 Å². The van der Waals surface area contributed by atoms with Crippen molar-refractivity contribution in [1.29, 1.82) is 0 Å². The van der Waals surface area contributed by atoms with Crippen LogP contribution in [0.3, 0.4) is 0 Å². The van der Waals surface area contributed by atoms with Crippen LogP contribution in [0.1, 0.15) is 23.0 Å². The minimum absolute atomic E-state index is 0.0959. The zero-order chi connectivity index (χ0) is 19.9. The molecule has 2 atom stereocenters. The van der Waals surface area contributed by atoms with Gasteiger partial charge in [-0.05, 0) is 35.2 Å². The lowest BCUT2D eigenvalue weighted by Crippen LogP contribution is -2.48. The highest BCUT2D eigenvalue weighted by atomic mass is 32.1. The molecule has 0 bridgehead atoms. The highest BCUT2D eigenvalue weighted by molar-refractivity contribution is 7.10. The minimum Gasteiger partial charge on any atom is -0.493 e. The van der Waals surface area contributed by atoms with Crippen molar-refractivity contribution in [2.24, 2.45) is 0 Å². The summed E-state index contributed by atoms with van der Waals surface area (Å²) in [7, 11) is 3.16. The predicted molar refractivity (Wildman–Crippen MR) is 109 cm³/mol. The third kappa shape index (κ3) is 4.92. The van der Waals surface area contributed by atoms with Gasteiger partial charge >= 0.3 is 0 Å². The van der Waals surface area contributed by atoms with Crippen LogP contribution in [0.25, 0.3) is 6.08 Å². The number of carbonyl (C=O) groups excluding carboxylic acids is 1. The number of ether oxygens (including phenoxy) is 3. The SMILES string of the molecule is COc1ccc(/C=C/C(=O)N2CCOCC2CC(O)c2cccs2)cc1OC. The van der Waals surface area contributed by atoms with E-state index in [1.807, 2.05) is 29.6 Å². The molecule has 3 rings (SSSR count). The maximum absolute atomic E-state index is 12.8. The Morgan fingerprint density at radius 2 is 2.18 bits per heavy atom. The van der Waals surface area contributed by atoms with Gasteiger partial charge in [0, 0.05) is 23.9 Å². The maximum Gasteiger partial charge on any atom is 0.246 e. The van der Waals surface area contributed by atoms with E-state index in [2.05, 4.69) is 0 Å². The van der Waals surface area contributed by atoms with Gasteiger partial charge in [0.25, 0.3) is 0 Å². The maximum atomic E-state index is 12.8. The molecule has 1 aromatic carbocycles. The van der Waals surface area contributed by atoms with E-state index in [1.165, 1.54) is 11.3 Å². The van der Waals surface area contributed by atoms with Gasteiger partial charge in [-0.1, -0.05) is 12.1 Å². The molecule has 0 saturated carbocycles. The summed E-state index contributed by atoms with van der Waals surface area (Å²) >= 11 is 1.51. The van der Waals surface area contributed by atoms with Gasteiger partial charge in [0.1, 0.15) is 0 Å². The minimum atomic E-state index is -0.600. The van der Waals surface area contributed by atoms with E-state index in [4.69, 9.17) is 14.2 Å². The molecule has 0 aliphatic carbocycles. The number of methoxy groups -OCH3 is 2. The number of thiophene rings is 1. The van der Waals surface area contributed by atoms with Crippen LogP contribution < -0.4 is 9.47 Å². The van der Waals surface area contributed by atoms with E-state index in [1.54, 1.807) is 37.3 Å². The molecule has 7 heteroatoms. The van der Waals surface area contributed by atoms with Crippen LogP contribution >= 0.6 is 11.3 Å². The van der Waals surface area contributed by atoms with E-state index < -0.39 is 6.10 Å². The van der Waals surface area contributed by atoms with Crippen molar-refractivity contribution in [2.75, 3.05) is 34.0 Å². The Bertz CT molecular complexity index is 805. The second-order valence-electron chi connectivity index (χ2n) is 6.48. The molecule has 2 unspecified atom stereocenters. The lowest BCUT2D eigenvalue weighted by molar-refractivity contribution is -0.135. The summed E-state index contributed by atoms with van der Waals surface area (Å²) in [6, 6.07) is 9.14. The molecule has 2 heterocycles. The molecule has 1 saturated heterocycles. The summed E-state index contributed by atoms with van der Waals surface area (Å²) in [5.74, 6) is 1.16. The number of hydrogen-bond acceptors (Lipinski definition) is 6. The molecule has 0 spiro atoms. The smallest absolute Gasteiger partial charge is 0.246 e. The molecule has 1 aliphatic rings. The van der Waals surface area contributed by atoms with Crippen LogP contribution in [0.2, 0.25) is 0 Å². The molecule has 1 N–H and O–H groups in total. The highest BCUT2D eigenvalue weighted by Crippen LogP contribution is 2.28. The predicted octanol–water partition coefficient (Wildman–Crippen LogP) is 3.13. The lowest BCUT2D eigenvalue weighted by Gasteiger charge is -2.36. The van der Waals surface area contributed by atoms with Crippen molar-refractivity contribution in [2.45, 2.75) is 18.6 Å². The molecular weight excluding hydrogens is 378 g/mol. The van der Waals surface area contributed by atoms with Crippen LogP contribution in [-0.2, 0) is 9.53 Å². The molecule has 1 amide bonds. The Balaban J connectivity index is 1.68. The standard InChI is InChI=1S/C21H25NO5S/c1-25-18-7-5-15(12-19(18)26-2)6-8-21(24)22-9-10-27-14-16(22)13-17(23)20-4-3-11-28-20/h3-8,11-12,16-17,23H,9-10,13-14H2,1-2H3/b8-6+. The zero-order valence-electron chi connectivity index (χ0n) is 16.0. The zero-order valence-corrected chi connectivity index (χ0v) is 16.9. The number of rotatable bonds is 7. The monoisotopic (exact) mass is 403 g/mol. The van der Waals surface area contributed by atoms with E-state index in [9.17, 15) is 9.90 Å². The molecule has 0 radical (unpaired) electrons. The topological polar surface area (TPSA) is 68.2 Å². The average molecular weight is 404 g/mol. The van der Waals surface area contributed by atoms with Crippen LogP contribution in [0.5, 0.6) is 11.5 Å². The summed E-state index contributed by atoms with van der Waals surface area (Å²) in [6.07, 6.45) is 3.16. The molecule has 6 nitrogen and oxygen atoms in total. The van der Waals surface area contributed by atoms with Crippen molar-refractivity contribution in [3.05, 3.63) is 52.2 Å². The Morgan fingerprint density at radius 1 is 1.36 bits per heavy atom. The first-order chi connectivity index (χ1) is 13.6. The van der Waals surface area contributed by atoms with Crippen LogP contribution in [0.15, 0.2) is 41.8 Å². The van der Waals surface area contributed by atoms with Crippen molar-refractivity contribution >= 4 is 23.3 Å². The molecule has 28 heavy (non-hydrogen) atoms. The van der Waals surface area contributed by atoms with Crippen LogP contribution in [0, 0.1) is 0 Å². The number of benzene rings is 1. The van der Waals surface area contributed by atoms with Gasteiger partial charge in [-0.15, -0.1) is 11.3 Å². The van der Waals surface area contributed by atoms with Crippen molar-refractivity contribution in [3.8, 4) is 11.5 Å². The Hall–Kier alpha value is -2.35. The van der Waals surface area contributed by atoms with E-state index in [0.717, 1.165) is 10.4 Å². The molecule has 1 aliphatic heterocycles. The van der Waals surface area contributed by atoms with Gasteiger partial charge in [-0.3, -0.25) is 4.79 Å². The highest BCUT2D eigenvalue weighted by Gasteiger charge is 2.28. The summed E-state index contributed by atoms with van der Waals surface area (Å²) in [6.45, 7) is 1.44. The van der Waals surface area contributed by atoms with E-state index in [0.29, 0.717) is 37.7 Å². The Labute approximate surface area is 169 Å². The molecular formula is C21H25NO5S. The van der Waals surface area contributed by atoms with E-state index >= 15 is 0 Å². The summed E-state index contributed by atoms with van der Waals surface area (Å²) in [5.41, 5.74) is 0.842. The van der Waals surface area contributed by atoms with Crippen molar-refractivity contribution in [3.63, 3.8) is 0 Å². The number of morpholine rings is 1. The summed E-state index contributed by atoms with van der Waals surface area (Å²) in [4.78, 5) is 15.5. The first-order valence-electron chi connectivity index (χ1n) is 9.12. The quantitative estimate of drug-likeness (QED) is 0.720. The normalized spacial score (nSPS) is 18.2. The number of aliphatic hydroxyl groups is 1. The number of amides is 1. The molecule has 150 valence electrons. The molecule has 1 fully saturated rings. The second kappa shape index (κ2) is 9.73. The number of hydrogen-bond donors (Lipinski definition) is 1. The van der Waals surface area contributed by atoms with Gasteiger partial charge in [0.2, 0.25) is 5.91 Å². The van der Waals surface area contributed by atoms with Gasteiger partial charge in [0.15, 0.2) is 11.5 Å². The Kier molecular flexibility index (Phi) is 7.08. The number of nitrogens with zero attached hydrogens (tertiary/aromatic N) is 1. The van der Waals surface area contributed by atoms with Crippen molar-refractivity contribution < 1.29 is 24.1 Å².